The number of aryl methyl sites for hydroxylation is 1. The predicted molar refractivity (Wildman–Crippen MR) is 68.5 cm³/mol. The van der Waals surface area contributed by atoms with E-state index in [4.69, 9.17) is 11.6 Å². The lowest BCUT2D eigenvalue weighted by molar-refractivity contribution is 1.13. The van der Waals surface area contributed by atoms with E-state index >= 15 is 0 Å². The number of hydrogen-bond acceptors (Lipinski definition) is 1. The van der Waals surface area contributed by atoms with Crippen molar-refractivity contribution in [2.24, 2.45) is 0 Å². The van der Waals surface area contributed by atoms with Crippen LogP contribution in [0.5, 0.6) is 0 Å². The quantitative estimate of drug-likeness (QED) is 0.685. The molecule has 3 heteroatoms. The highest BCUT2D eigenvalue weighted by Gasteiger charge is 2.09. The fraction of sp³-hybridized carbons (Fsp3) is 0.273. The Morgan fingerprint density at radius 3 is 2.86 bits per heavy atom. The van der Waals surface area contributed by atoms with Gasteiger partial charge in [0, 0.05) is 15.1 Å². The zero-order chi connectivity index (χ0) is 10.1. The van der Waals surface area contributed by atoms with Gasteiger partial charge in [-0.2, -0.15) is 0 Å². The molecular formula is C11H10BrClS. The van der Waals surface area contributed by atoms with Gasteiger partial charge >= 0.3 is 0 Å². The summed E-state index contributed by atoms with van der Waals surface area (Å²) in [6.07, 6.45) is 1.04. The molecule has 0 bridgehead atoms. The second kappa shape index (κ2) is 4.21. The molecule has 14 heavy (non-hydrogen) atoms. The highest BCUT2D eigenvalue weighted by atomic mass is 79.9. The minimum atomic E-state index is 0.591. The van der Waals surface area contributed by atoms with E-state index in [1.807, 2.05) is 0 Å². The molecule has 0 atom stereocenters. The third kappa shape index (κ3) is 1.60. The second-order valence-corrected chi connectivity index (χ2v) is 5.14. The molecule has 1 heterocycles. The van der Waals surface area contributed by atoms with E-state index in [2.05, 4.69) is 40.4 Å². The lowest BCUT2D eigenvalue weighted by Gasteiger charge is -2.06. The number of hydrogen-bond donors (Lipinski definition) is 0. The topological polar surface area (TPSA) is 0 Å². The van der Waals surface area contributed by atoms with Crippen LogP contribution in [-0.4, -0.2) is 0 Å². The molecule has 1 aromatic heterocycles. The first-order valence-corrected chi connectivity index (χ1v) is 6.72. The Hall–Kier alpha value is -0.0500. The number of benzene rings is 1. The van der Waals surface area contributed by atoms with Gasteiger partial charge < -0.3 is 0 Å². The molecule has 0 spiro atoms. The van der Waals surface area contributed by atoms with Gasteiger partial charge in [0.1, 0.15) is 0 Å². The summed E-state index contributed by atoms with van der Waals surface area (Å²) in [6, 6.07) is 4.34. The van der Waals surface area contributed by atoms with Gasteiger partial charge in [-0.1, -0.05) is 13.0 Å². The van der Waals surface area contributed by atoms with Crippen molar-refractivity contribution in [3.63, 3.8) is 0 Å². The predicted octanol–water partition coefficient (Wildman–Crippen LogP) is 4.97. The van der Waals surface area contributed by atoms with Crippen molar-refractivity contribution in [3.8, 4) is 0 Å². The van der Waals surface area contributed by atoms with Crippen LogP contribution in [0.15, 0.2) is 22.0 Å². The summed E-state index contributed by atoms with van der Waals surface area (Å²) in [5, 5.41) is 3.40. The van der Waals surface area contributed by atoms with Gasteiger partial charge in [0.2, 0.25) is 0 Å². The van der Waals surface area contributed by atoms with E-state index < -0.39 is 0 Å². The summed E-state index contributed by atoms with van der Waals surface area (Å²) in [7, 11) is 0. The summed E-state index contributed by atoms with van der Waals surface area (Å²) in [5.41, 5.74) is 2.58. The number of thiophene rings is 1. The third-order valence-electron chi connectivity index (χ3n) is 2.37. The summed E-state index contributed by atoms with van der Waals surface area (Å²) in [4.78, 5) is 0. The van der Waals surface area contributed by atoms with Crippen molar-refractivity contribution >= 4 is 49.0 Å². The first-order valence-electron chi connectivity index (χ1n) is 4.51. The smallest absolute Gasteiger partial charge is 0.0490 e. The van der Waals surface area contributed by atoms with E-state index in [9.17, 15) is 0 Å². The molecule has 0 unspecified atom stereocenters. The number of halogens is 2. The summed E-state index contributed by atoms with van der Waals surface area (Å²) in [5.74, 6) is 0.591. The highest BCUT2D eigenvalue weighted by molar-refractivity contribution is 9.10. The maximum Gasteiger partial charge on any atom is 0.0490 e. The van der Waals surface area contributed by atoms with Crippen molar-refractivity contribution in [1.29, 1.82) is 0 Å². The molecule has 0 amide bonds. The fourth-order valence-corrected chi connectivity index (χ4v) is 3.61. The highest BCUT2D eigenvalue weighted by Crippen LogP contribution is 2.35. The molecule has 0 aliphatic rings. The number of alkyl halides is 1. The minimum absolute atomic E-state index is 0.591. The monoisotopic (exact) mass is 288 g/mol. The van der Waals surface area contributed by atoms with Crippen molar-refractivity contribution in [2.45, 2.75) is 19.2 Å². The zero-order valence-electron chi connectivity index (χ0n) is 7.81. The largest absolute Gasteiger partial charge is 0.143 e. The van der Waals surface area contributed by atoms with Gasteiger partial charge in [-0.15, -0.1) is 22.9 Å². The van der Waals surface area contributed by atoms with E-state index in [1.165, 1.54) is 25.7 Å². The second-order valence-electron chi connectivity index (χ2n) is 3.16. The number of fused-ring (bicyclic) bond motifs is 1. The Morgan fingerprint density at radius 1 is 1.43 bits per heavy atom. The minimum Gasteiger partial charge on any atom is -0.143 e. The first-order chi connectivity index (χ1) is 6.77. The SMILES string of the molecule is CCc1cc(CCl)c2ccsc2c1Br. The molecule has 0 saturated heterocycles. The van der Waals surface area contributed by atoms with Crippen molar-refractivity contribution in [1.82, 2.24) is 0 Å². The lowest BCUT2D eigenvalue weighted by atomic mass is 10.1. The van der Waals surface area contributed by atoms with Crippen LogP contribution in [-0.2, 0) is 12.3 Å². The van der Waals surface area contributed by atoms with Gasteiger partial charge in [0.25, 0.3) is 0 Å². The molecule has 0 fully saturated rings. The van der Waals surface area contributed by atoms with Gasteiger partial charge in [0.15, 0.2) is 0 Å². The summed E-state index contributed by atoms with van der Waals surface area (Å²) in [6.45, 7) is 2.16. The number of rotatable bonds is 2. The summed E-state index contributed by atoms with van der Waals surface area (Å²) < 4.78 is 2.55. The Kier molecular flexibility index (Phi) is 3.15. The molecule has 74 valence electrons. The third-order valence-corrected chi connectivity index (χ3v) is 4.75. The van der Waals surface area contributed by atoms with E-state index in [0.717, 1.165) is 6.42 Å². The van der Waals surface area contributed by atoms with E-state index in [-0.39, 0.29) is 0 Å². The van der Waals surface area contributed by atoms with Crippen molar-refractivity contribution in [3.05, 3.63) is 33.1 Å². The van der Waals surface area contributed by atoms with Crippen LogP contribution in [0.3, 0.4) is 0 Å². The Bertz CT molecular complexity index is 462. The fourth-order valence-electron chi connectivity index (χ4n) is 1.60. The van der Waals surface area contributed by atoms with Gasteiger partial charge in [-0.05, 0) is 50.3 Å². The molecule has 1 aromatic carbocycles. The molecule has 0 saturated carbocycles. The normalized spacial score (nSPS) is 11.1. The van der Waals surface area contributed by atoms with Crippen molar-refractivity contribution in [2.75, 3.05) is 0 Å². The molecular weight excluding hydrogens is 280 g/mol. The van der Waals surface area contributed by atoms with Crippen molar-refractivity contribution < 1.29 is 0 Å². The maximum absolute atomic E-state index is 5.93. The van der Waals surface area contributed by atoms with Crippen LogP contribution < -0.4 is 0 Å². The molecule has 0 nitrogen and oxygen atoms in total. The Morgan fingerprint density at radius 2 is 2.21 bits per heavy atom. The molecule has 0 N–H and O–H groups in total. The maximum atomic E-state index is 5.93. The standard InChI is InChI=1S/C11H10BrClS/c1-2-7-5-8(6-13)9-3-4-14-11(9)10(7)12/h3-5H,2,6H2,1H3. The average Bonchev–Trinajstić information content (AvgIpc) is 2.68. The zero-order valence-corrected chi connectivity index (χ0v) is 11.0. The molecule has 0 aliphatic heterocycles. The van der Waals surface area contributed by atoms with Gasteiger partial charge in [0.05, 0.1) is 0 Å². The van der Waals surface area contributed by atoms with Crippen LogP contribution in [0.4, 0.5) is 0 Å². The van der Waals surface area contributed by atoms with E-state index in [1.54, 1.807) is 11.3 Å². The van der Waals surface area contributed by atoms with Gasteiger partial charge in [-0.25, -0.2) is 0 Å². The summed E-state index contributed by atoms with van der Waals surface area (Å²) >= 11 is 11.4. The van der Waals surface area contributed by atoms with Gasteiger partial charge in [-0.3, -0.25) is 0 Å². The van der Waals surface area contributed by atoms with Crippen LogP contribution in [0.25, 0.3) is 10.1 Å². The first kappa shape index (κ1) is 10.5. The van der Waals surface area contributed by atoms with Crippen LogP contribution in [0.2, 0.25) is 0 Å². The molecule has 2 rings (SSSR count). The van der Waals surface area contributed by atoms with E-state index in [0.29, 0.717) is 5.88 Å². The van der Waals surface area contributed by atoms with Crippen LogP contribution in [0.1, 0.15) is 18.1 Å². The molecule has 0 aliphatic carbocycles. The van der Waals surface area contributed by atoms with Crippen LogP contribution in [0, 0.1) is 0 Å². The lowest BCUT2D eigenvalue weighted by Crippen LogP contribution is -1.87. The Labute approximate surface area is 101 Å². The molecule has 2 aromatic rings. The Balaban J connectivity index is 2.80. The molecule has 0 radical (unpaired) electrons. The van der Waals surface area contributed by atoms with Crippen LogP contribution >= 0.6 is 38.9 Å². The average molecular weight is 290 g/mol.